The monoisotopic (exact) mass is 554 g/mol. The molecule has 2 aliphatic rings. The van der Waals surface area contributed by atoms with Gasteiger partial charge in [0.15, 0.2) is 11.9 Å². The predicted octanol–water partition coefficient (Wildman–Crippen LogP) is 3.51. The van der Waals surface area contributed by atoms with Crippen molar-refractivity contribution in [2.24, 2.45) is 0 Å². The number of benzene rings is 2. The van der Waals surface area contributed by atoms with Crippen LogP contribution in [0.3, 0.4) is 0 Å². The van der Waals surface area contributed by atoms with E-state index in [2.05, 4.69) is 27.8 Å². The van der Waals surface area contributed by atoms with Gasteiger partial charge in [-0.2, -0.15) is 0 Å². The van der Waals surface area contributed by atoms with Crippen LogP contribution < -0.4 is 5.32 Å². The Bertz CT molecular complexity index is 1150. The first-order valence-electron chi connectivity index (χ1n) is 10.9. The van der Waals surface area contributed by atoms with Gasteiger partial charge in [-0.3, -0.25) is 19.3 Å². The number of ketones is 1. The van der Waals surface area contributed by atoms with E-state index in [1.165, 1.54) is 16.7 Å². The molecule has 0 aromatic heterocycles. The van der Waals surface area contributed by atoms with Crippen LogP contribution in [0.5, 0.6) is 0 Å². The number of carbonyl (C=O) groups is 4. The molecule has 0 radical (unpaired) electrons. The van der Waals surface area contributed by atoms with Crippen molar-refractivity contribution < 1.29 is 23.9 Å². The lowest BCUT2D eigenvalue weighted by molar-refractivity contribution is -0.154. The van der Waals surface area contributed by atoms with E-state index in [0.29, 0.717) is 11.3 Å². The third kappa shape index (κ3) is 5.26. The molecule has 2 amide bonds. The topological polar surface area (TPSA) is 92.8 Å². The van der Waals surface area contributed by atoms with E-state index in [4.69, 9.17) is 4.74 Å². The molecule has 0 aliphatic carbocycles. The average Bonchev–Trinajstić information content (AvgIpc) is 2.90. The first-order valence-corrected chi connectivity index (χ1v) is 13.1. The van der Waals surface area contributed by atoms with Gasteiger partial charge in [0, 0.05) is 5.75 Å². The molecule has 180 valence electrons. The zero-order valence-corrected chi connectivity index (χ0v) is 21.1. The van der Waals surface area contributed by atoms with Crippen molar-refractivity contribution in [1.82, 2.24) is 10.2 Å². The van der Waals surface area contributed by atoms with Gasteiger partial charge >= 0.3 is 5.97 Å². The molecule has 0 saturated carbocycles. The van der Waals surface area contributed by atoms with Gasteiger partial charge < -0.3 is 10.1 Å². The smallest absolute Gasteiger partial charge is 0.356 e. The number of alkyl halides is 1. The fourth-order valence-corrected chi connectivity index (χ4v) is 5.52. The molecular weight excluding hydrogens is 532 g/mol. The first-order chi connectivity index (χ1) is 16.9. The number of allylic oxidation sites excluding steroid dienone is 1. The number of carbonyl (C=O) groups excluding carboxylic acids is 4. The summed E-state index contributed by atoms with van der Waals surface area (Å²) >= 11 is 4.44. The molecule has 1 unspecified atom stereocenters. The molecule has 7 nitrogen and oxygen atoms in total. The molecule has 2 aliphatic heterocycles. The van der Waals surface area contributed by atoms with E-state index in [1.54, 1.807) is 6.08 Å². The SMILES string of the molecule is C=CC1=C(C(=O)OC(c2ccccc2)c2ccccc2)N2C(=O)C(NC(=O)CC(=O)CBr)[C@@H]2SC1. The molecule has 1 N–H and O–H groups in total. The Kier molecular flexibility index (Phi) is 7.87. The highest BCUT2D eigenvalue weighted by Crippen LogP contribution is 2.41. The van der Waals surface area contributed by atoms with E-state index in [0.717, 1.165) is 11.1 Å². The number of fused-ring (bicyclic) bond motifs is 1. The van der Waals surface area contributed by atoms with E-state index in [9.17, 15) is 19.2 Å². The van der Waals surface area contributed by atoms with Gasteiger partial charge in [-0.25, -0.2) is 4.79 Å². The van der Waals surface area contributed by atoms with Gasteiger partial charge in [0.2, 0.25) is 5.91 Å². The Balaban J connectivity index is 1.57. The van der Waals surface area contributed by atoms with Crippen molar-refractivity contribution in [1.29, 1.82) is 0 Å². The minimum Gasteiger partial charge on any atom is -0.448 e. The zero-order chi connectivity index (χ0) is 24.9. The van der Waals surface area contributed by atoms with Crippen molar-refractivity contribution in [2.75, 3.05) is 11.1 Å². The van der Waals surface area contributed by atoms with Gasteiger partial charge in [0.25, 0.3) is 5.91 Å². The number of β-lactam (4-membered cyclic amide) rings is 1. The number of thioether (sulfide) groups is 1. The third-order valence-electron chi connectivity index (χ3n) is 5.69. The van der Waals surface area contributed by atoms with Gasteiger partial charge in [0.05, 0.1) is 11.8 Å². The van der Waals surface area contributed by atoms with Crippen LogP contribution >= 0.6 is 27.7 Å². The number of nitrogens with one attached hydrogen (secondary N) is 1. The summed E-state index contributed by atoms with van der Waals surface area (Å²) in [5.74, 6) is -1.45. The molecule has 2 aromatic carbocycles. The minimum absolute atomic E-state index is 0.0642. The Morgan fingerprint density at radius 2 is 1.71 bits per heavy atom. The summed E-state index contributed by atoms with van der Waals surface area (Å²) in [5.41, 5.74) is 2.31. The molecule has 2 aromatic rings. The van der Waals surface area contributed by atoms with Crippen LogP contribution in [0.25, 0.3) is 0 Å². The fourth-order valence-electron chi connectivity index (χ4n) is 3.99. The molecule has 0 bridgehead atoms. The molecule has 9 heteroatoms. The van der Waals surface area contributed by atoms with Crippen LogP contribution in [0.2, 0.25) is 0 Å². The summed E-state index contributed by atoms with van der Waals surface area (Å²) in [7, 11) is 0. The lowest BCUT2D eigenvalue weighted by Crippen LogP contribution is -2.70. The van der Waals surface area contributed by atoms with Crippen molar-refractivity contribution in [3.63, 3.8) is 0 Å². The summed E-state index contributed by atoms with van der Waals surface area (Å²) in [5, 5.41) is 2.22. The van der Waals surface area contributed by atoms with Crippen LogP contribution in [-0.4, -0.2) is 51.0 Å². The molecule has 2 atom stereocenters. The number of rotatable bonds is 9. The maximum Gasteiger partial charge on any atom is 0.356 e. The van der Waals surface area contributed by atoms with Crippen molar-refractivity contribution in [3.05, 3.63) is 95.7 Å². The quantitative estimate of drug-likeness (QED) is 0.221. The predicted molar refractivity (Wildman–Crippen MR) is 136 cm³/mol. The standard InChI is InChI=1S/C26H23BrN2O5S/c1-2-16-15-35-25-21(28-20(31)13-19(30)14-27)24(32)29(25)22(16)26(33)34-23(17-9-5-3-6-10-17)18-11-7-4-8-12-18/h2-12,21,23,25H,1,13-15H2,(H,28,31)/t21?,25-/m0/s1. The molecular formula is C26H23BrN2O5S. The molecule has 35 heavy (non-hydrogen) atoms. The number of esters is 1. The van der Waals surface area contributed by atoms with Crippen LogP contribution in [0, 0.1) is 0 Å². The minimum atomic E-state index is -0.816. The summed E-state index contributed by atoms with van der Waals surface area (Å²) < 4.78 is 5.99. The molecule has 1 saturated heterocycles. The van der Waals surface area contributed by atoms with Gasteiger partial charge in [-0.1, -0.05) is 89.2 Å². The number of halogens is 1. The Morgan fingerprint density at radius 1 is 1.11 bits per heavy atom. The highest BCUT2D eigenvalue weighted by molar-refractivity contribution is 9.09. The Labute approximate surface area is 215 Å². The number of hydrogen-bond acceptors (Lipinski definition) is 6. The van der Waals surface area contributed by atoms with Crippen molar-refractivity contribution in [2.45, 2.75) is 23.9 Å². The number of nitrogens with zero attached hydrogens (tertiary/aromatic N) is 1. The summed E-state index contributed by atoms with van der Waals surface area (Å²) in [4.78, 5) is 51.6. The Hall–Kier alpha value is -3.17. The van der Waals surface area contributed by atoms with Gasteiger partial charge in [-0.05, 0) is 16.7 Å². The summed E-state index contributed by atoms with van der Waals surface area (Å²) in [6, 6.07) is 17.9. The van der Waals surface area contributed by atoms with Crippen LogP contribution in [0.1, 0.15) is 23.7 Å². The van der Waals surface area contributed by atoms with Crippen molar-refractivity contribution in [3.8, 4) is 0 Å². The number of amides is 2. The van der Waals surface area contributed by atoms with E-state index in [1.807, 2.05) is 60.7 Å². The van der Waals surface area contributed by atoms with Crippen LogP contribution in [0.4, 0.5) is 0 Å². The van der Waals surface area contributed by atoms with E-state index in [-0.39, 0.29) is 23.2 Å². The number of hydrogen-bond donors (Lipinski definition) is 1. The molecule has 0 spiro atoms. The number of Topliss-reactive ketones (excluding diaryl/α,β-unsaturated/α-hetero) is 1. The average molecular weight is 555 g/mol. The molecule has 2 heterocycles. The largest absolute Gasteiger partial charge is 0.448 e. The molecule has 4 rings (SSSR count). The van der Waals surface area contributed by atoms with E-state index >= 15 is 0 Å². The van der Waals surface area contributed by atoms with Crippen molar-refractivity contribution >= 4 is 51.3 Å². The second-order valence-corrected chi connectivity index (χ2v) is 9.65. The van der Waals surface area contributed by atoms with Gasteiger partial charge in [0.1, 0.15) is 17.1 Å². The zero-order valence-electron chi connectivity index (χ0n) is 18.7. The molecule has 1 fully saturated rings. The maximum atomic E-state index is 13.5. The highest BCUT2D eigenvalue weighted by atomic mass is 79.9. The summed E-state index contributed by atoms with van der Waals surface area (Å²) in [6.07, 6.45) is 0.567. The highest BCUT2D eigenvalue weighted by Gasteiger charge is 2.54. The number of ether oxygens (including phenoxy) is 1. The van der Waals surface area contributed by atoms with E-state index < -0.39 is 35.3 Å². The normalized spacial score (nSPS) is 19.0. The Morgan fingerprint density at radius 3 is 2.26 bits per heavy atom. The maximum absolute atomic E-state index is 13.5. The second kappa shape index (κ2) is 11.0. The van der Waals surface area contributed by atoms with Gasteiger partial charge in [-0.15, -0.1) is 11.8 Å². The van der Waals surface area contributed by atoms with Crippen LogP contribution in [0.15, 0.2) is 84.6 Å². The lowest BCUT2D eigenvalue weighted by Gasteiger charge is -2.49. The van der Waals surface area contributed by atoms with Crippen LogP contribution in [-0.2, 0) is 23.9 Å². The third-order valence-corrected chi connectivity index (χ3v) is 7.62. The second-order valence-electron chi connectivity index (χ2n) is 7.99. The fraction of sp³-hybridized carbons (Fsp3) is 0.231. The first kappa shape index (κ1) is 24.9. The summed E-state index contributed by atoms with van der Waals surface area (Å²) in [6.45, 7) is 3.80. The lowest BCUT2D eigenvalue weighted by atomic mass is 10.0.